The van der Waals surface area contributed by atoms with Crippen LogP contribution in [0.5, 0.6) is 5.75 Å². The van der Waals surface area contributed by atoms with Crippen molar-refractivity contribution >= 4 is 5.96 Å². The number of unbranched alkanes of at least 4 members (excludes halogenated alkanes) is 1. The van der Waals surface area contributed by atoms with E-state index in [4.69, 9.17) is 15.2 Å². The summed E-state index contributed by atoms with van der Waals surface area (Å²) in [5, 5.41) is 3.08. The van der Waals surface area contributed by atoms with E-state index in [-0.39, 0.29) is 0 Å². The lowest BCUT2D eigenvalue weighted by Gasteiger charge is -2.08. The van der Waals surface area contributed by atoms with E-state index in [1.54, 1.807) is 0 Å². The molecule has 1 aromatic rings. The molecule has 0 heterocycles. The van der Waals surface area contributed by atoms with Crippen LogP contribution in [-0.4, -0.2) is 32.3 Å². The van der Waals surface area contributed by atoms with Crippen molar-refractivity contribution in [2.75, 3.05) is 26.4 Å². The topological polar surface area (TPSA) is 68.9 Å². The zero-order chi connectivity index (χ0) is 16.0. The van der Waals surface area contributed by atoms with Crippen LogP contribution in [0.1, 0.15) is 38.7 Å². The first-order valence-corrected chi connectivity index (χ1v) is 8.09. The first-order chi connectivity index (χ1) is 10.8. The minimum absolute atomic E-state index is 0.466. The SMILES string of the molecule is CCCCOc1cccc(CN=C(N)NCCCOCC)c1. The normalized spacial score (nSPS) is 11.5. The van der Waals surface area contributed by atoms with Crippen LogP contribution in [0.2, 0.25) is 0 Å². The van der Waals surface area contributed by atoms with Crippen LogP contribution < -0.4 is 15.8 Å². The predicted octanol–water partition coefficient (Wildman–Crippen LogP) is 2.70. The summed E-state index contributed by atoms with van der Waals surface area (Å²) < 4.78 is 11.0. The second kappa shape index (κ2) is 11.9. The molecule has 0 radical (unpaired) electrons. The Balaban J connectivity index is 2.32. The van der Waals surface area contributed by atoms with Gasteiger partial charge in [0, 0.05) is 19.8 Å². The zero-order valence-electron chi connectivity index (χ0n) is 13.8. The van der Waals surface area contributed by atoms with Gasteiger partial charge in [-0.05, 0) is 37.5 Å². The van der Waals surface area contributed by atoms with Gasteiger partial charge in [0.15, 0.2) is 5.96 Å². The Bertz CT molecular complexity index is 436. The van der Waals surface area contributed by atoms with E-state index in [1.165, 1.54) is 0 Å². The largest absolute Gasteiger partial charge is 0.494 e. The number of nitrogens with two attached hydrogens (primary N) is 1. The molecule has 0 fully saturated rings. The van der Waals surface area contributed by atoms with Gasteiger partial charge >= 0.3 is 0 Å². The van der Waals surface area contributed by atoms with E-state index in [1.807, 2.05) is 31.2 Å². The molecule has 5 nitrogen and oxygen atoms in total. The fourth-order valence-corrected chi connectivity index (χ4v) is 1.84. The lowest BCUT2D eigenvalue weighted by atomic mass is 10.2. The maximum absolute atomic E-state index is 5.84. The van der Waals surface area contributed by atoms with E-state index in [0.29, 0.717) is 12.5 Å². The Morgan fingerprint density at radius 2 is 2.09 bits per heavy atom. The quantitative estimate of drug-likeness (QED) is 0.375. The van der Waals surface area contributed by atoms with Crippen LogP contribution in [0, 0.1) is 0 Å². The summed E-state index contributed by atoms with van der Waals surface area (Å²) in [7, 11) is 0. The molecule has 1 rings (SSSR count). The van der Waals surface area contributed by atoms with E-state index >= 15 is 0 Å². The van der Waals surface area contributed by atoms with Gasteiger partial charge in [0.25, 0.3) is 0 Å². The van der Waals surface area contributed by atoms with Crippen molar-refractivity contribution < 1.29 is 9.47 Å². The Hall–Kier alpha value is -1.75. The van der Waals surface area contributed by atoms with E-state index < -0.39 is 0 Å². The molecule has 124 valence electrons. The first kappa shape index (κ1) is 18.3. The molecule has 5 heteroatoms. The van der Waals surface area contributed by atoms with E-state index in [9.17, 15) is 0 Å². The molecule has 1 aromatic carbocycles. The summed E-state index contributed by atoms with van der Waals surface area (Å²) in [6, 6.07) is 8.00. The fraction of sp³-hybridized carbons (Fsp3) is 0.588. The molecule has 3 N–H and O–H groups in total. The van der Waals surface area contributed by atoms with Gasteiger partial charge in [0.05, 0.1) is 13.2 Å². The third-order valence-corrected chi connectivity index (χ3v) is 3.07. The van der Waals surface area contributed by atoms with Gasteiger partial charge in [-0.1, -0.05) is 25.5 Å². The molecule has 0 saturated carbocycles. The Labute approximate surface area is 133 Å². The highest BCUT2D eigenvalue weighted by Gasteiger charge is 1.98. The van der Waals surface area contributed by atoms with Crippen LogP contribution >= 0.6 is 0 Å². The highest BCUT2D eigenvalue weighted by atomic mass is 16.5. The van der Waals surface area contributed by atoms with E-state index in [2.05, 4.69) is 17.2 Å². The number of ether oxygens (including phenoxy) is 2. The molecule has 0 saturated heterocycles. The summed E-state index contributed by atoms with van der Waals surface area (Å²) in [4.78, 5) is 4.34. The number of benzene rings is 1. The smallest absolute Gasteiger partial charge is 0.188 e. The monoisotopic (exact) mass is 307 g/mol. The highest BCUT2D eigenvalue weighted by Crippen LogP contribution is 2.14. The first-order valence-electron chi connectivity index (χ1n) is 8.09. The molecule has 0 amide bonds. The van der Waals surface area contributed by atoms with Crippen molar-refractivity contribution in [3.63, 3.8) is 0 Å². The number of aliphatic imine (C=N–C) groups is 1. The predicted molar refractivity (Wildman–Crippen MR) is 91.3 cm³/mol. The molecule has 0 aromatic heterocycles. The van der Waals surface area contributed by atoms with Crippen molar-refractivity contribution in [3.8, 4) is 5.75 Å². The molecule has 0 bridgehead atoms. The summed E-state index contributed by atoms with van der Waals surface area (Å²) in [5.41, 5.74) is 6.93. The summed E-state index contributed by atoms with van der Waals surface area (Å²) >= 11 is 0. The molecule has 22 heavy (non-hydrogen) atoms. The minimum Gasteiger partial charge on any atom is -0.494 e. The van der Waals surface area contributed by atoms with Crippen molar-refractivity contribution in [2.24, 2.45) is 10.7 Å². The van der Waals surface area contributed by atoms with Crippen LogP contribution in [0.25, 0.3) is 0 Å². The number of hydrogen-bond donors (Lipinski definition) is 2. The Morgan fingerprint density at radius 1 is 1.23 bits per heavy atom. The fourth-order valence-electron chi connectivity index (χ4n) is 1.84. The van der Waals surface area contributed by atoms with Gasteiger partial charge < -0.3 is 20.5 Å². The van der Waals surface area contributed by atoms with E-state index in [0.717, 1.165) is 56.9 Å². The van der Waals surface area contributed by atoms with Gasteiger partial charge in [0.1, 0.15) is 5.75 Å². The molecular weight excluding hydrogens is 278 g/mol. The maximum atomic E-state index is 5.84. The van der Waals surface area contributed by atoms with Gasteiger partial charge in [0.2, 0.25) is 0 Å². The maximum Gasteiger partial charge on any atom is 0.188 e. The highest BCUT2D eigenvalue weighted by molar-refractivity contribution is 5.77. The van der Waals surface area contributed by atoms with Crippen molar-refractivity contribution in [1.29, 1.82) is 0 Å². The van der Waals surface area contributed by atoms with Crippen molar-refractivity contribution in [2.45, 2.75) is 39.7 Å². The molecule has 0 unspecified atom stereocenters. The molecule has 0 spiro atoms. The van der Waals surface area contributed by atoms with Gasteiger partial charge in [-0.25, -0.2) is 4.99 Å². The second-order valence-electron chi connectivity index (χ2n) is 5.03. The number of guanidine groups is 1. The number of nitrogens with zero attached hydrogens (tertiary/aromatic N) is 1. The molecule has 0 atom stereocenters. The number of rotatable bonds is 11. The number of hydrogen-bond acceptors (Lipinski definition) is 3. The molecule has 0 aliphatic rings. The Morgan fingerprint density at radius 3 is 2.86 bits per heavy atom. The van der Waals surface area contributed by atoms with Crippen LogP contribution in [0.15, 0.2) is 29.3 Å². The minimum atomic E-state index is 0.466. The van der Waals surface area contributed by atoms with Crippen LogP contribution in [0.3, 0.4) is 0 Å². The van der Waals surface area contributed by atoms with Crippen LogP contribution in [-0.2, 0) is 11.3 Å². The Kier molecular flexibility index (Phi) is 9.87. The molecule has 0 aliphatic carbocycles. The third-order valence-electron chi connectivity index (χ3n) is 3.07. The van der Waals surface area contributed by atoms with Gasteiger partial charge in [-0.15, -0.1) is 0 Å². The van der Waals surface area contributed by atoms with Gasteiger partial charge in [-0.3, -0.25) is 0 Å². The van der Waals surface area contributed by atoms with Gasteiger partial charge in [-0.2, -0.15) is 0 Å². The van der Waals surface area contributed by atoms with Crippen molar-refractivity contribution in [3.05, 3.63) is 29.8 Å². The standard InChI is InChI=1S/C17H29N3O2/c1-3-5-12-22-16-9-6-8-15(13-16)14-20-17(18)19-10-7-11-21-4-2/h6,8-9,13H,3-5,7,10-12,14H2,1-2H3,(H3,18,19,20). The summed E-state index contributed by atoms with van der Waals surface area (Å²) in [5.74, 6) is 1.36. The lowest BCUT2D eigenvalue weighted by Crippen LogP contribution is -2.32. The lowest BCUT2D eigenvalue weighted by molar-refractivity contribution is 0.145. The molecule has 0 aliphatic heterocycles. The summed E-state index contributed by atoms with van der Waals surface area (Å²) in [6.07, 6.45) is 3.13. The average Bonchev–Trinajstić information content (AvgIpc) is 2.53. The zero-order valence-corrected chi connectivity index (χ0v) is 13.8. The molecular formula is C17H29N3O2. The number of nitrogens with one attached hydrogen (secondary N) is 1. The third kappa shape index (κ3) is 8.52. The summed E-state index contributed by atoms with van der Waals surface area (Å²) in [6.45, 7) is 7.72. The average molecular weight is 307 g/mol. The van der Waals surface area contributed by atoms with Crippen molar-refractivity contribution in [1.82, 2.24) is 5.32 Å². The van der Waals surface area contributed by atoms with Crippen LogP contribution in [0.4, 0.5) is 0 Å². The second-order valence-corrected chi connectivity index (χ2v) is 5.03.